The molecule has 1 aromatic heterocycles. The smallest absolute Gasteiger partial charge is 0.144 e. The molecule has 0 unspecified atom stereocenters. The van der Waals surface area contributed by atoms with E-state index in [1.54, 1.807) is 6.07 Å². The molecule has 0 aromatic carbocycles. The normalized spacial score (nSPS) is 18.3. The predicted molar refractivity (Wildman–Crippen MR) is 74.5 cm³/mol. The molecule has 5 nitrogen and oxygen atoms in total. The molecule has 0 amide bonds. The van der Waals surface area contributed by atoms with Crippen molar-refractivity contribution in [2.45, 2.75) is 44.1 Å². The Morgan fingerprint density at radius 3 is 2.68 bits per heavy atom. The molecule has 0 spiro atoms. The standard InChI is InChI=1S/C14H20N4O/c15-8-11-7-12(16)9-17-13(11)18-10-14(19)5-3-1-2-4-6-14/h7,9,19H,1-6,10,16H2,(H,17,18). The Balaban J connectivity index is 2.03. The van der Waals surface area contributed by atoms with Crippen molar-refractivity contribution in [3.05, 3.63) is 17.8 Å². The molecule has 0 saturated heterocycles. The largest absolute Gasteiger partial charge is 0.397 e. The minimum Gasteiger partial charge on any atom is -0.397 e. The number of aliphatic hydroxyl groups is 1. The van der Waals surface area contributed by atoms with Gasteiger partial charge < -0.3 is 16.2 Å². The van der Waals surface area contributed by atoms with Gasteiger partial charge in [0.15, 0.2) is 0 Å². The molecule has 0 atom stereocenters. The van der Waals surface area contributed by atoms with Gasteiger partial charge in [0.25, 0.3) is 0 Å². The van der Waals surface area contributed by atoms with E-state index < -0.39 is 5.60 Å². The monoisotopic (exact) mass is 260 g/mol. The number of nitrogens with one attached hydrogen (secondary N) is 1. The average Bonchev–Trinajstić information content (AvgIpc) is 2.62. The molecule has 5 heteroatoms. The highest BCUT2D eigenvalue weighted by atomic mass is 16.3. The van der Waals surface area contributed by atoms with Crippen molar-refractivity contribution in [2.75, 3.05) is 17.6 Å². The quantitative estimate of drug-likeness (QED) is 0.723. The number of hydrogen-bond acceptors (Lipinski definition) is 5. The molecule has 19 heavy (non-hydrogen) atoms. The van der Waals surface area contributed by atoms with Gasteiger partial charge in [-0.15, -0.1) is 0 Å². The highest BCUT2D eigenvalue weighted by molar-refractivity contribution is 5.57. The number of aromatic nitrogens is 1. The van der Waals surface area contributed by atoms with Crippen LogP contribution in [0.1, 0.15) is 44.1 Å². The van der Waals surface area contributed by atoms with E-state index in [4.69, 9.17) is 11.0 Å². The number of nitrogens with two attached hydrogens (primary N) is 1. The maximum Gasteiger partial charge on any atom is 0.144 e. The Labute approximate surface area is 113 Å². The molecule has 1 saturated carbocycles. The fourth-order valence-electron chi connectivity index (χ4n) is 2.52. The second kappa shape index (κ2) is 5.89. The van der Waals surface area contributed by atoms with Gasteiger partial charge in [0.1, 0.15) is 11.9 Å². The molecule has 0 aliphatic heterocycles. The van der Waals surface area contributed by atoms with Crippen LogP contribution in [0.5, 0.6) is 0 Å². The van der Waals surface area contributed by atoms with Gasteiger partial charge in [-0.05, 0) is 18.9 Å². The third kappa shape index (κ3) is 3.58. The van der Waals surface area contributed by atoms with Crippen molar-refractivity contribution in [3.8, 4) is 6.07 Å². The minimum absolute atomic E-state index is 0.414. The average molecular weight is 260 g/mol. The summed E-state index contributed by atoms with van der Waals surface area (Å²) >= 11 is 0. The van der Waals surface area contributed by atoms with Crippen LogP contribution in [0.25, 0.3) is 0 Å². The molecular weight excluding hydrogens is 240 g/mol. The van der Waals surface area contributed by atoms with E-state index >= 15 is 0 Å². The fourth-order valence-corrected chi connectivity index (χ4v) is 2.52. The number of nitrogens with zero attached hydrogens (tertiary/aromatic N) is 2. The summed E-state index contributed by atoms with van der Waals surface area (Å²) in [6, 6.07) is 3.65. The molecule has 2 rings (SSSR count). The third-order valence-corrected chi connectivity index (χ3v) is 3.65. The number of nitriles is 1. The lowest BCUT2D eigenvalue weighted by Gasteiger charge is -2.27. The molecule has 1 fully saturated rings. The molecule has 1 heterocycles. The van der Waals surface area contributed by atoms with Gasteiger partial charge in [-0.2, -0.15) is 5.26 Å². The SMILES string of the molecule is N#Cc1cc(N)cnc1NCC1(O)CCCCCC1. The lowest BCUT2D eigenvalue weighted by molar-refractivity contribution is 0.0380. The van der Waals surface area contributed by atoms with Crippen LogP contribution in [0.2, 0.25) is 0 Å². The van der Waals surface area contributed by atoms with Gasteiger partial charge in [0.2, 0.25) is 0 Å². The molecule has 4 N–H and O–H groups in total. The first-order chi connectivity index (χ1) is 9.13. The Bertz CT molecular complexity index is 473. The zero-order chi connectivity index (χ0) is 13.7. The molecule has 102 valence electrons. The van der Waals surface area contributed by atoms with Crippen molar-refractivity contribution < 1.29 is 5.11 Å². The first-order valence-electron chi connectivity index (χ1n) is 6.75. The van der Waals surface area contributed by atoms with E-state index in [1.807, 2.05) is 0 Å². The van der Waals surface area contributed by atoms with Crippen LogP contribution in [-0.4, -0.2) is 22.2 Å². The van der Waals surface area contributed by atoms with E-state index in [-0.39, 0.29) is 0 Å². The summed E-state index contributed by atoms with van der Waals surface area (Å²) in [4.78, 5) is 4.12. The Morgan fingerprint density at radius 1 is 1.37 bits per heavy atom. The zero-order valence-corrected chi connectivity index (χ0v) is 11.0. The second-order valence-electron chi connectivity index (χ2n) is 5.27. The summed E-state index contributed by atoms with van der Waals surface area (Å²) in [6.07, 6.45) is 7.60. The van der Waals surface area contributed by atoms with Gasteiger partial charge in [0.05, 0.1) is 23.0 Å². The summed E-state index contributed by atoms with van der Waals surface area (Å²) in [5.41, 5.74) is 5.79. The Kier molecular flexibility index (Phi) is 4.23. The molecule has 0 bridgehead atoms. The highest BCUT2D eigenvalue weighted by Crippen LogP contribution is 2.27. The lowest BCUT2D eigenvalue weighted by atomic mass is 9.94. The maximum atomic E-state index is 10.5. The van der Waals surface area contributed by atoms with Crippen molar-refractivity contribution in [1.82, 2.24) is 4.98 Å². The van der Waals surface area contributed by atoms with Gasteiger partial charge in [-0.25, -0.2) is 4.98 Å². The Morgan fingerprint density at radius 2 is 2.05 bits per heavy atom. The molecule has 0 radical (unpaired) electrons. The number of nitrogen functional groups attached to an aromatic ring is 1. The number of pyridine rings is 1. The molecule has 1 aliphatic carbocycles. The van der Waals surface area contributed by atoms with Crippen molar-refractivity contribution in [1.29, 1.82) is 5.26 Å². The van der Waals surface area contributed by atoms with Gasteiger partial charge in [0, 0.05) is 6.54 Å². The summed E-state index contributed by atoms with van der Waals surface area (Å²) in [7, 11) is 0. The van der Waals surface area contributed by atoms with E-state index in [9.17, 15) is 5.11 Å². The highest BCUT2D eigenvalue weighted by Gasteiger charge is 2.28. The second-order valence-corrected chi connectivity index (χ2v) is 5.27. The van der Waals surface area contributed by atoms with Crippen LogP contribution < -0.4 is 11.1 Å². The van der Waals surface area contributed by atoms with Gasteiger partial charge in [-0.3, -0.25) is 0 Å². The Hall–Kier alpha value is -1.80. The van der Waals surface area contributed by atoms with Crippen LogP contribution in [0.15, 0.2) is 12.3 Å². The fraction of sp³-hybridized carbons (Fsp3) is 0.571. The van der Waals surface area contributed by atoms with Crippen LogP contribution in [-0.2, 0) is 0 Å². The van der Waals surface area contributed by atoms with Crippen molar-refractivity contribution >= 4 is 11.5 Å². The topological polar surface area (TPSA) is 95.0 Å². The first-order valence-corrected chi connectivity index (χ1v) is 6.75. The predicted octanol–water partition coefficient (Wildman–Crippen LogP) is 2.03. The van der Waals surface area contributed by atoms with Crippen LogP contribution >= 0.6 is 0 Å². The lowest BCUT2D eigenvalue weighted by Crippen LogP contribution is -2.36. The summed E-state index contributed by atoms with van der Waals surface area (Å²) < 4.78 is 0. The number of anilines is 2. The van der Waals surface area contributed by atoms with Crippen LogP contribution in [0.3, 0.4) is 0 Å². The minimum atomic E-state index is -0.688. The van der Waals surface area contributed by atoms with Gasteiger partial charge in [-0.1, -0.05) is 25.7 Å². The van der Waals surface area contributed by atoms with E-state index in [2.05, 4.69) is 16.4 Å². The summed E-state index contributed by atoms with van der Waals surface area (Å²) in [5, 5.41) is 22.7. The van der Waals surface area contributed by atoms with Crippen LogP contribution in [0.4, 0.5) is 11.5 Å². The van der Waals surface area contributed by atoms with Gasteiger partial charge >= 0.3 is 0 Å². The van der Waals surface area contributed by atoms with E-state index in [1.165, 1.54) is 19.0 Å². The molecule has 1 aromatic rings. The van der Waals surface area contributed by atoms with Crippen molar-refractivity contribution in [2.24, 2.45) is 0 Å². The molecule has 1 aliphatic rings. The number of hydrogen-bond donors (Lipinski definition) is 3. The third-order valence-electron chi connectivity index (χ3n) is 3.65. The first kappa shape index (κ1) is 13.6. The van der Waals surface area contributed by atoms with Crippen LogP contribution in [0, 0.1) is 11.3 Å². The summed E-state index contributed by atoms with van der Waals surface area (Å²) in [6.45, 7) is 0.429. The molecular formula is C14H20N4O. The number of rotatable bonds is 3. The van der Waals surface area contributed by atoms with E-state index in [0.29, 0.717) is 23.6 Å². The summed E-state index contributed by atoms with van der Waals surface area (Å²) in [5.74, 6) is 0.495. The maximum absolute atomic E-state index is 10.5. The zero-order valence-electron chi connectivity index (χ0n) is 11.0. The van der Waals surface area contributed by atoms with E-state index in [0.717, 1.165) is 25.7 Å². The van der Waals surface area contributed by atoms with Crippen molar-refractivity contribution in [3.63, 3.8) is 0 Å².